The fourth-order valence-electron chi connectivity index (χ4n) is 2.19. The molecule has 2 amide bonds. The SMILES string of the molecule is CCC(C)c1ccc(NC(=O)c2snnc2CNC(=O)C(C)C)cc1. The van der Waals surface area contributed by atoms with Crippen LogP contribution in [-0.2, 0) is 11.3 Å². The monoisotopic (exact) mass is 360 g/mol. The zero-order valence-corrected chi connectivity index (χ0v) is 15.8. The van der Waals surface area contributed by atoms with Crippen molar-refractivity contribution in [2.45, 2.75) is 46.6 Å². The highest BCUT2D eigenvalue weighted by Gasteiger charge is 2.18. The van der Waals surface area contributed by atoms with Gasteiger partial charge in [-0.1, -0.05) is 44.3 Å². The van der Waals surface area contributed by atoms with Gasteiger partial charge in [-0.25, -0.2) is 0 Å². The molecule has 0 aliphatic carbocycles. The molecule has 0 aliphatic heterocycles. The van der Waals surface area contributed by atoms with E-state index in [4.69, 9.17) is 0 Å². The van der Waals surface area contributed by atoms with E-state index in [2.05, 4.69) is 34.1 Å². The van der Waals surface area contributed by atoms with E-state index in [1.807, 2.05) is 38.1 Å². The Morgan fingerprint density at radius 2 is 1.84 bits per heavy atom. The maximum absolute atomic E-state index is 12.5. The lowest BCUT2D eigenvalue weighted by Gasteiger charge is -2.10. The second-order valence-corrected chi connectivity index (χ2v) is 7.06. The number of nitrogens with zero attached hydrogens (tertiary/aromatic N) is 2. The molecular weight excluding hydrogens is 336 g/mol. The van der Waals surface area contributed by atoms with Gasteiger partial charge in [-0.3, -0.25) is 9.59 Å². The van der Waals surface area contributed by atoms with E-state index in [0.29, 0.717) is 16.5 Å². The number of hydrogen-bond acceptors (Lipinski definition) is 5. The molecule has 1 aromatic carbocycles. The van der Waals surface area contributed by atoms with Gasteiger partial charge in [-0.2, -0.15) is 0 Å². The molecule has 0 fully saturated rings. The molecule has 0 spiro atoms. The number of carbonyl (C=O) groups is 2. The summed E-state index contributed by atoms with van der Waals surface area (Å²) in [5.41, 5.74) is 2.45. The first-order chi connectivity index (χ1) is 11.9. The van der Waals surface area contributed by atoms with E-state index in [1.54, 1.807) is 0 Å². The fraction of sp³-hybridized carbons (Fsp3) is 0.444. The van der Waals surface area contributed by atoms with Gasteiger partial charge in [0.1, 0.15) is 10.6 Å². The number of carbonyl (C=O) groups excluding carboxylic acids is 2. The van der Waals surface area contributed by atoms with E-state index >= 15 is 0 Å². The van der Waals surface area contributed by atoms with E-state index < -0.39 is 0 Å². The van der Waals surface area contributed by atoms with Gasteiger partial charge in [0.2, 0.25) is 5.91 Å². The Bertz CT molecular complexity index is 725. The second kappa shape index (κ2) is 8.71. The maximum atomic E-state index is 12.5. The number of hydrogen-bond donors (Lipinski definition) is 2. The smallest absolute Gasteiger partial charge is 0.269 e. The summed E-state index contributed by atoms with van der Waals surface area (Å²) in [7, 11) is 0. The van der Waals surface area contributed by atoms with Crippen molar-refractivity contribution in [1.29, 1.82) is 0 Å². The zero-order valence-electron chi connectivity index (χ0n) is 15.0. The number of benzene rings is 1. The normalized spacial score (nSPS) is 12.0. The summed E-state index contributed by atoms with van der Waals surface area (Å²) in [5.74, 6) is 0.0274. The Balaban J connectivity index is 2.02. The highest BCUT2D eigenvalue weighted by atomic mass is 32.1. The predicted octanol–water partition coefficient (Wildman–Crippen LogP) is 3.58. The number of rotatable bonds is 7. The Morgan fingerprint density at radius 3 is 2.44 bits per heavy atom. The molecule has 7 heteroatoms. The molecule has 25 heavy (non-hydrogen) atoms. The van der Waals surface area contributed by atoms with E-state index in [1.165, 1.54) is 5.56 Å². The Hall–Kier alpha value is -2.28. The van der Waals surface area contributed by atoms with Gasteiger partial charge in [0.05, 0.1) is 6.54 Å². The molecule has 1 aromatic heterocycles. The van der Waals surface area contributed by atoms with Gasteiger partial charge in [-0.05, 0) is 41.6 Å². The van der Waals surface area contributed by atoms with Crippen molar-refractivity contribution in [3.63, 3.8) is 0 Å². The molecule has 0 bridgehead atoms. The van der Waals surface area contributed by atoms with Gasteiger partial charge in [0.15, 0.2) is 0 Å². The minimum atomic E-state index is -0.264. The molecule has 6 nitrogen and oxygen atoms in total. The first-order valence-electron chi connectivity index (χ1n) is 8.42. The van der Waals surface area contributed by atoms with Crippen LogP contribution >= 0.6 is 11.5 Å². The van der Waals surface area contributed by atoms with Crippen LogP contribution in [0.1, 0.15) is 61.0 Å². The van der Waals surface area contributed by atoms with Gasteiger partial charge in [0, 0.05) is 11.6 Å². The average molecular weight is 360 g/mol. The first kappa shape index (κ1) is 19.1. The molecule has 0 aliphatic rings. The van der Waals surface area contributed by atoms with Gasteiger partial charge < -0.3 is 10.6 Å². The largest absolute Gasteiger partial charge is 0.350 e. The molecule has 1 atom stereocenters. The van der Waals surface area contributed by atoms with Crippen LogP contribution in [0.2, 0.25) is 0 Å². The Kier molecular flexibility index (Phi) is 6.64. The van der Waals surface area contributed by atoms with Crippen LogP contribution < -0.4 is 10.6 Å². The summed E-state index contributed by atoms with van der Waals surface area (Å²) in [6, 6.07) is 7.85. The summed E-state index contributed by atoms with van der Waals surface area (Å²) in [6.07, 6.45) is 1.07. The van der Waals surface area contributed by atoms with Crippen LogP contribution in [0.3, 0.4) is 0 Å². The maximum Gasteiger partial charge on any atom is 0.269 e. The second-order valence-electron chi connectivity index (χ2n) is 6.31. The third kappa shape index (κ3) is 5.09. The van der Waals surface area contributed by atoms with Crippen molar-refractivity contribution in [1.82, 2.24) is 14.9 Å². The molecule has 0 radical (unpaired) electrons. The fourth-order valence-corrected chi connectivity index (χ4v) is 2.76. The lowest BCUT2D eigenvalue weighted by Crippen LogP contribution is -2.28. The summed E-state index contributed by atoms with van der Waals surface area (Å²) < 4.78 is 3.84. The molecule has 0 saturated carbocycles. The molecule has 0 saturated heterocycles. The highest BCUT2D eigenvalue weighted by Crippen LogP contribution is 2.21. The molecule has 2 rings (SSSR count). The lowest BCUT2D eigenvalue weighted by atomic mass is 9.99. The Labute approximate surface area is 152 Å². The van der Waals surface area contributed by atoms with Crippen LogP contribution in [0.4, 0.5) is 5.69 Å². The highest BCUT2D eigenvalue weighted by molar-refractivity contribution is 7.08. The van der Waals surface area contributed by atoms with Gasteiger partial charge in [-0.15, -0.1) is 5.10 Å². The number of amides is 2. The molecule has 2 aromatic rings. The predicted molar refractivity (Wildman–Crippen MR) is 99.7 cm³/mol. The van der Waals surface area contributed by atoms with Crippen molar-refractivity contribution in [3.05, 3.63) is 40.4 Å². The first-order valence-corrected chi connectivity index (χ1v) is 9.20. The van der Waals surface area contributed by atoms with Crippen LogP contribution in [0.25, 0.3) is 0 Å². The van der Waals surface area contributed by atoms with Gasteiger partial charge in [0.25, 0.3) is 5.91 Å². The quantitative estimate of drug-likeness (QED) is 0.790. The van der Waals surface area contributed by atoms with Gasteiger partial charge >= 0.3 is 0 Å². The minimum Gasteiger partial charge on any atom is -0.350 e. The minimum absolute atomic E-state index is 0.0833. The summed E-state index contributed by atoms with van der Waals surface area (Å²) in [4.78, 5) is 24.5. The molecular formula is C18H24N4O2S. The third-order valence-electron chi connectivity index (χ3n) is 4.07. The number of anilines is 1. The van der Waals surface area contributed by atoms with Crippen molar-refractivity contribution in [2.24, 2.45) is 5.92 Å². The lowest BCUT2D eigenvalue weighted by molar-refractivity contribution is -0.124. The topological polar surface area (TPSA) is 84.0 Å². The Morgan fingerprint density at radius 1 is 1.16 bits per heavy atom. The van der Waals surface area contributed by atoms with E-state index in [9.17, 15) is 9.59 Å². The van der Waals surface area contributed by atoms with Crippen molar-refractivity contribution >= 4 is 29.0 Å². The number of aromatic nitrogens is 2. The molecule has 134 valence electrons. The van der Waals surface area contributed by atoms with Crippen molar-refractivity contribution in [2.75, 3.05) is 5.32 Å². The summed E-state index contributed by atoms with van der Waals surface area (Å²) in [6.45, 7) is 8.14. The van der Waals surface area contributed by atoms with E-state index in [0.717, 1.165) is 23.6 Å². The average Bonchev–Trinajstić information content (AvgIpc) is 3.08. The van der Waals surface area contributed by atoms with Crippen molar-refractivity contribution < 1.29 is 9.59 Å². The summed E-state index contributed by atoms with van der Waals surface area (Å²) in [5, 5.41) is 9.56. The molecule has 2 N–H and O–H groups in total. The van der Waals surface area contributed by atoms with Crippen LogP contribution in [0, 0.1) is 5.92 Å². The molecule has 1 unspecified atom stereocenters. The van der Waals surface area contributed by atoms with Crippen molar-refractivity contribution in [3.8, 4) is 0 Å². The van der Waals surface area contributed by atoms with Crippen LogP contribution in [-0.4, -0.2) is 21.4 Å². The number of nitrogens with one attached hydrogen (secondary N) is 2. The summed E-state index contributed by atoms with van der Waals surface area (Å²) >= 11 is 1.02. The van der Waals surface area contributed by atoms with E-state index in [-0.39, 0.29) is 24.3 Å². The standard InChI is InChI=1S/C18H24N4O2S/c1-5-12(4)13-6-8-14(9-7-13)20-18(24)16-15(21-22-25-16)10-19-17(23)11(2)3/h6-9,11-12H,5,10H2,1-4H3,(H,19,23)(H,20,24). The van der Waals surface area contributed by atoms with Crippen LogP contribution in [0.5, 0.6) is 0 Å². The zero-order chi connectivity index (χ0) is 18.4. The molecule has 1 heterocycles. The van der Waals surface area contributed by atoms with Crippen LogP contribution in [0.15, 0.2) is 24.3 Å². The third-order valence-corrected chi connectivity index (χ3v) is 4.83.